The first-order valence-corrected chi connectivity index (χ1v) is 15.3. The van der Waals surface area contributed by atoms with Crippen LogP contribution < -0.4 is 10.6 Å². The lowest BCUT2D eigenvalue weighted by molar-refractivity contribution is -0.147. The van der Waals surface area contributed by atoms with Crippen molar-refractivity contribution in [2.75, 3.05) is 11.6 Å². The Morgan fingerprint density at radius 2 is 1.85 bits per heavy atom. The summed E-state index contributed by atoms with van der Waals surface area (Å²) in [5.41, 5.74) is 2.91. The van der Waals surface area contributed by atoms with Crippen molar-refractivity contribution in [1.82, 2.24) is 30.3 Å². The van der Waals surface area contributed by atoms with E-state index in [1.807, 2.05) is 75.4 Å². The Labute approximate surface area is 248 Å². The lowest BCUT2D eigenvalue weighted by atomic mass is 9.97. The summed E-state index contributed by atoms with van der Waals surface area (Å²) in [6.07, 6.45) is 0.229. The fourth-order valence-corrected chi connectivity index (χ4v) is 6.57. The van der Waals surface area contributed by atoms with Crippen molar-refractivity contribution in [2.24, 2.45) is 7.05 Å². The molecule has 3 atom stereocenters. The molecular weight excluding hydrogens is 560 g/mol. The third kappa shape index (κ3) is 7.69. The highest BCUT2D eigenvalue weighted by atomic mass is 32.2. The number of hydrogen-bond donors (Lipinski definition) is 3. The number of nitrogens with one attached hydrogen (secondary N) is 2. The fraction of sp³-hybridized carbons (Fsp3) is 0.414. The van der Waals surface area contributed by atoms with Gasteiger partial charge < -0.3 is 25.2 Å². The molecule has 1 saturated heterocycles. The molecule has 1 aliphatic heterocycles. The van der Waals surface area contributed by atoms with Crippen molar-refractivity contribution in [1.29, 1.82) is 0 Å². The number of benzene rings is 2. The number of aryl methyl sites for hydroxylation is 2. The minimum Gasteiger partial charge on any atom is -0.381 e. The van der Waals surface area contributed by atoms with Gasteiger partial charge in [0.25, 0.3) is 5.91 Å². The molecule has 0 radical (unpaired) electrons. The second-order valence-electron chi connectivity index (χ2n) is 10.6. The van der Waals surface area contributed by atoms with Gasteiger partial charge in [0.05, 0.1) is 17.7 Å². The molecule has 3 N–H and O–H groups in total. The van der Waals surface area contributed by atoms with Crippen molar-refractivity contribution in [3.05, 3.63) is 77.6 Å². The van der Waals surface area contributed by atoms with E-state index in [9.17, 15) is 19.5 Å². The molecular formula is C29H36N6O4S2. The highest BCUT2D eigenvalue weighted by Crippen LogP contribution is 2.40. The van der Waals surface area contributed by atoms with Crippen LogP contribution in [0.4, 0.5) is 0 Å². The van der Waals surface area contributed by atoms with Gasteiger partial charge in [0.15, 0.2) is 11.3 Å². The van der Waals surface area contributed by atoms with E-state index in [1.54, 1.807) is 17.9 Å². The summed E-state index contributed by atoms with van der Waals surface area (Å²) < 4.78 is 1.13. The van der Waals surface area contributed by atoms with Crippen molar-refractivity contribution in [3.63, 3.8) is 0 Å². The van der Waals surface area contributed by atoms with E-state index >= 15 is 0 Å². The van der Waals surface area contributed by atoms with E-state index in [0.29, 0.717) is 11.7 Å². The molecule has 1 aromatic heterocycles. The number of carbonyl (C=O) groups is 3. The predicted octanol–water partition coefficient (Wildman–Crippen LogP) is 2.30. The Hall–Kier alpha value is -3.35. The van der Waals surface area contributed by atoms with Crippen LogP contribution >= 0.6 is 23.5 Å². The number of carbonyl (C=O) groups excluding carboxylic acids is 3. The van der Waals surface area contributed by atoms with Gasteiger partial charge in [0.1, 0.15) is 12.4 Å². The highest BCUT2D eigenvalue weighted by molar-refractivity contribution is 8.01. The van der Waals surface area contributed by atoms with Crippen molar-refractivity contribution < 1.29 is 19.5 Å². The fourth-order valence-electron chi connectivity index (χ4n) is 4.73. The van der Waals surface area contributed by atoms with Crippen molar-refractivity contribution >= 4 is 41.2 Å². The topological polar surface area (TPSA) is 129 Å². The maximum absolute atomic E-state index is 13.8. The van der Waals surface area contributed by atoms with Gasteiger partial charge >= 0.3 is 0 Å². The van der Waals surface area contributed by atoms with Crippen LogP contribution in [0.25, 0.3) is 0 Å². The molecule has 10 nitrogen and oxygen atoms in total. The Bertz CT molecular complexity index is 1370. The predicted molar refractivity (Wildman–Crippen MR) is 160 cm³/mol. The zero-order valence-corrected chi connectivity index (χ0v) is 25.2. The molecule has 12 heteroatoms. The van der Waals surface area contributed by atoms with Gasteiger partial charge in [0.2, 0.25) is 11.8 Å². The second kappa shape index (κ2) is 13.5. The van der Waals surface area contributed by atoms with Gasteiger partial charge in [0, 0.05) is 18.3 Å². The van der Waals surface area contributed by atoms with Crippen LogP contribution in [-0.2, 0) is 34.4 Å². The first-order valence-electron chi connectivity index (χ1n) is 13.3. The number of rotatable bonds is 11. The summed E-state index contributed by atoms with van der Waals surface area (Å²) >= 11 is 2.69. The molecule has 0 saturated carbocycles. The lowest BCUT2D eigenvalue weighted by Gasteiger charge is -2.33. The van der Waals surface area contributed by atoms with Crippen molar-refractivity contribution in [3.8, 4) is 0 Å². The van der Waals surface area contributed by atoms with E-state index in [-0.39, 0.29) is 29.9 Å². The average Bonchev–Trinajstić information content (AvgIpc) is 3.51. The first-order chi connectivity index (χ1) is 19.6. The van der Waals surface area contributed by atoms with Crippen LogP contribution in [0.3, 0.4) is 0 Å². The Morgan fingerprint density at radius 3 is 2.54 bits per heavy atom. The van der Waals surface area contributed by atoms with E-state index in [2.05, 4.69) is 20.8 Å². The number of amides is 3. The SMILES string of the molecule is Cc1ccccc1CNC(=O)C1N(C(=O)C(O)C(Cc2ccccc2)NC(=O)CSc2nncn2C)CSC1(C)C. The van der Waals surface area contributed by atoms with Gasteiger partial charge in [-0.05, 0) is 43.9 Å². The van der Waals surface area contributed by atoms with E-state index in [4.69, 9.17) is 0 Å². The molecule has 2 heterocycles. The van der Waals surface area contributed by atoms with Gasteiger partial charge in [-0.3, -0.25) is 14.4 Å². The molecule has 3 amide bonds. The largest absolute Gasteiger partial charge is 0.381 e. The minimum atomic E-state index is -1.56. The Morgan fingerprint density at radius 1 is 1.15 bits per heavy atom. The second-order valence-corrected chi connectivity index (χ2v) is 13.1. The minimum absolute atomic E-state index is 0.0370. The monoisotopic (exact) mass is 596 g/mol. The normalized spacial score (nSPS) is 17.6. The van der Waals surface area contributed by atoms with Crippen LogP contribution in [0.2, 0.25) is 0 Å². The Balaban J connectivity index is 1.48. The summed E-state index contributed by atoms with van der Waals surface area (Å²) in [6.45, 7) is 6.16. The standard InChI is InChI=1S/C29H36N6O4S2/c1-19-10-8-9-13-21(19)15-30-26(38)25-29(2,3)41-18-35(25)27(39)24(37)22(14-20-11-6-5-7-12-20)32-23(36)16-40-28-33-31-17-34(28)4/h5-13,17,22,24-25,37H,14-16,18H2,1-4H3,(H,30,38)(H,32,36). The van der Waals surface area contributed by atoms with Gasteiger partial charge in [-0.25, -0.2) is 0 Å². The molecule has 1 aliphatic rings. The number of aromatic nitrogens is 3. The van der Waals surface area contributed by atoms with Crippen molar-refractivity contribution in [2.45, 2.75) is 61.8 Å². The summed E-state index contributed by atoms with van der Waals surface area (Å²) in [5.74, 6) is -0.947. The molecule has 4 rings (SSSR count). The van der Waals surface area contributed by atoms with Gasteiger partial charge in [-0.15, -0.1) is 22.0 Å². The molecule has 0 spiro atoms. The summed E-state index contributed by atoms with van der Waals surface area (Å²) in [5, 5.41) is 25.6. The maximum atomic E-state index is 13.8. The lowest BCUT2D eigenvalue weighted by Crippen LogP contribution is -2.58. The summed E-state index contributed by atoms with van der Waals surface area (Å²) in [6, 6.07) is 15.5. The molecule has 2 aromatic carbocycles. The Kier molecular flexibility index (Phi) is 10.1. The number of aliphatic hydroxyl groups excluding tert-OH is 1. The molecule has 0 aliphatic carbocycles. The van der Waals surface area contributed by atoms with Crippen LogP contribution in [-0.4, -0.2) is 77.1 Å². The zero-order chi connectivity index (χ0) is 29.6. The molecule has 41 heavy (non-hydrogen) atoms. The summed E-state index contributed by atoms with van der Waals surface area (Å²) in [4.78, 5) is 41.6. The van der Waals surface area contributed by atoms with Crippen LogP contribution in [0.1, 0.15) is 30.5 Å². The molecule has 218 valence electrons. The third-order valence-electron chi connectivity index (χ3n) is 7.07. The van der Waals surface area contributed by atoms with Gasteiger partial charge in [-0.1, -0.05) is 66.4 Å². The average molecular weight is 597 g/mol. The number of thioether (sulfide) groups is 2. The third-order valence-corrected chi connectivity index (χ3v) is 9.48. The summed E-state index contributed by atoms with van der Waals surface area (Å²) in [7, 11) is 1.78. The number of nitrogens with zero attached hydrogens (tertiary/aromatic N) is 4. The quantitative estimate of drug-likeness (QED) is 0.288. The van der Waals surface area contributed by atoms with Gasteiger partial charge in [-0.2, -0.15) is 0 Å². The van der Waals surface area contributed by atoms with E-state index < -0.39 is 28.8 Å². The molecule has 0 bridgehead atoms. The zero-order valence-electron chi connectivity index (χ0n) is 23.6. The van der Waals surface area contributed by atoms with E-state index in [1.165, 1.54) is 28.4 Å². The number of hydrogen-bond acceptors (Lipinski definition) is 8. The molecule has 3 unspecified atom stereocenters. The van der Waals surface area contributed by atoms with E-state index in [0.717, 1.165) is 16.7 Å². The molecule has 1 fully saturated rings. The maximum Gasteiger partial charge on any atom is 0.254 e. The van der Waals surface area contributed by atoms with Crippen LogP contribution in [0.5, 0.6) is 0 Å². The van der Waals surface area contributed by atoms with Crippen LogP contribution in [0.15, 0.2) is 66.1 Å². The first kappa shape index (κ1) is 30.6. The number of aliphatic hydroxyl groups is 1. The molecule has 3 aromatic rings. The highest BCUT2D eigenvalue weighted by Gasteiger charge is 2.49. The smallest absolute Gasteiger partial charge is 0.254 e. The van der Waals surface area contributed by atoms with Crippen LogP contribution in [0, 0.1) is 6.92 Å².